The zero-order chi connectivity index (χ0) is 17.4. The van der Waals surface area contributed by atoms with Gasteiger partial charge in [-0.05, 0) is 37.7 Å². The van der Waals surface area contributed by atoms with Gasteiger partial charge in [0, 0.05) is 38.8 Å². The average Bonchev–Trinajstić information content (AvgIpc) is 3.27. The highest BCUT2D eigenvalue weighted by molar-refractivity contribution is 14.0. The number of hydrogen-bond donors (Lipinski definition) is 2. The van der Waals surface area contributed by atoms with Gasteiger partial charge in [-0.15, -0.1) is 24.0 Å². The van der Waals surface area contributed by atoms with Crippen LogP contribution in [0.15, 0.2) is 35.3 Å². The van der Waals surface area contributed by atoms with Crippen molar-refractivity contribution in [3.05, 3.63) is 35.9 Å². The van der Waals surface area contributed by atoms with Gasteiger partial charge in [-0.25, -0.2) is 0 Å². The number of halogens is 1. The summed E-state index contributed by atoms with van der Waals surface area (Å²) in [4.78, 5) is 4.33. The zero-order valence-corrected chi connectivity index (χ0v) is 18.0. The third-order valence-electron chi connectivity index (χ3n) is 5.14. The molecule has 2 aliphatic rings. The van der Waals surface area contributed by atoms with E-state index in [1.807, 2.05) is 7.05 Å². The summed E-state index contributed by atoms with van der Waals surface area (Å²) >= 11 is 0. The fourth-order valence-corrected chi connectivity index (χ4v) is 3.36. The van der Waals surface area contributed by atoms with E-state index in [2.05, 4.69) is 46.0 Å². The molecule has 1 heterocycles. The van der Waals surface area contributed by atoms with E-state index in [-0.39, 0.29) is 24.0 Å². The molecule has 0 aromatic heterocycles. The number of hydrogen-bond acceptors (Lipinski definition) is 3. The molecule has 0 radical (unpaired) electrons. The fourth-order valence-electron chi connectivity index (χ4n) is 3.36. The third kappa shape index (κ3) is 6.39. The summed E-state index contributed by atoms with van der Waals surface area (Å²) in [7, 11) is 1.82. The van der Waals surface area contributed by atoms with Gasteiger partial charge in [0.2, 0.25) is 0 Å². The lowest BCUT2D eigenvalue weighted by molar-refractivity contribution is 0.0168. The van der Waals surface area contributed by atoms with Crippen LogP contribution in [0.25, 0.3) is 0 Å². The number of ether oxygens (including phenoxy) is 2. The van der Waals surface area contributed by atoms with E-state index in [1.54, 1.807) is 0 Å². The maximum Gasteiger partial charge on any atom is 0.191 e. The van der Waals surface area contributed by atoms with Gasteiger partial charge in [-0.2, -0.15) is 0 Å². The van der Waals surface area contributed by atoms with Gasteiger partial charge in [0.25, 0.3) is 0 Å². The smallest absolute Gasteiger partial charge is 0.191 e. The van der Waals surface area contributed by atoms with Crippen molar-refractivity contribution in [1.82, 2.24) is 10.6 Å². The fraction of sp³-hybridized carbons (Fsp3) is 0.650. The summed E-state index contributed by atoms with van der Waals surface area (Å²) < 4.78 is 11.2. The van der Waals surface area contributed by atoms with Gasteiger partial charge in [-0.3, -0.25) is 4.99 Å². The quantitative estimate of drug-likeness (QED) is 0.251. The van der Waals surface area contributed by atoms with Crippen LogP contribution in [0.4, 0.5) is 0 Å². The van der Waals surface area contributed by atoms with Crippen LogP contribution in [-0.2, 0) is 14.9 Å². The van der Waals surface area contributed by atoms with Gasteiger partial charge in [0.05, 0.1) is 12.7 Å². The first-order chi connectivity index (χ1) is 12.3. The topological polar surface area (TPSA) is 54.9 Å². The van der Waals surface area contributed by atoms with Gasteiger partial charge < -0.3 is 20.1 Å². The number of aliphatic imine (C=N–C) groups is 1. The van der Waals surface area contributed by atoms with Crippen molar-refractivity contribution < 1.29 is 9.47 Å². The van der Waals surface area contributed by atoms with Crippen molar-refractivity contribution in [3.63, 3.8) is 0 Å². The van der Waals surface area contributed by atoms with Crippen LogP contribution < -0.4 is 10.6 Å². The van der Waals surface area contributed by atoms with Gasteiger partial charge in [0.1, 0.15) is 0 Å². The number of guanidine groups is 1. The van der Waals surface area contributed by atoms with Gasteiger partial charge in [0.15, 0.2) is 5.96 Å². The first-order valence-electron chi connectivity index (χ1n) is 9.52. The summed E-state index contributed by atoms with van der Waals surface area (Å²) in [5, 5.41) is 6.86. The maximum atomic E-state index is 5.69. The van der Waals surface area contributed by atoms with E-state index in [1.165, 1.54) is 24.8 Å². The molecule has 0 bridgehead atoms. The molecule has 5 nitrogen and oxygen atoms in total. The molecule has 2 N–H and O–H groups in total. The summed E-state index contributed by atoms with van der Waals surface area (Å²) in [6.45, 7) is 4.18. The highest BCUT2D eigenvalue weighted by Crippen LogP contribution is 2.47. The minimum Gasteiger partial charge on any atom is -0.379 e. The van der Waals surface area contributed by atoms with E-state index in [0.717, 1.165) is 51.7 Å². The minimum atomic E-state index is 0. The maximum absolute atomic E-state index is 5.69. The van der Waals surface area contributed by atoms with Crippen LogP contribution in [-0.4, -0.2) is 52.0 Å². The number of nitrogens with one attached hydrogen (secondary N) is 2. The molecule has 1 saturated carbocycles. The van der Waals surface area contributed by atoms with Crippen LogP contribution >= 0.6 is 24.0 Å². The monoisotopic (exact) mass is 473 g/mol. The molecule has 146 valence electrons. The second-order valence-corrected chi connectivity index (χ2v) is 7.06. The van der Waals surface area contributed by atoms with E-state index in [9.17, 15) is 0 Å². The number of rotatable bonds is 9. The Morgan fingerprint density at radius 2 is 2.08 bits per heavy atom. The Kier molecular flexibility index (Phi) is 9.15. The first-order valence-corrected chi connectivity index (χ1v) is 9.52. The molecule has 0 amide bonds. The highest BCUT2D eigenvalue weighted by Gasteiger charge is 2.43. The third-order valence-corrected chi connectivity index (χ3v) is 5.14. The molecule has 3 rings (SSSR count). The summed E-state index contributed by atoms with van der Waals surface area (Å²) in [5.41, 5.74) is 1.73. The Bertz CT molecular complexity index is 543. The van der Waals surface area contributed by atoms with Crippen LogP contribution in [0, 0.1) is 0 Å². The predicted molar refractivity (Wildman–Crippen MR) is 117 cm³/mol. The molecular weight excluding hydrogens is 441 g/mol. The summed E-state index contributed by atoms with van der Waals surface area (Å²) in [5.74, 6) is 0.876. The average molecular weight is 473 g/mol. The van der Waals surface area contributed by atoms with E-state index >= 15 is 0 Å². The summed E-state index contributed by atoms with van der Waals surface area (Å²) in [6, 6.07) is 10.8. The lowest BCUT2D eigenvalue weighted by Crippen LogP contribution is -2.41. The number of benzene rings is 1. The van der Waals surface area contributed by atoms with Crippen molar-refractivity contribution in [2.45, 2.75) is 43.6 Å². The largest absolute Gasteiger partial charge is 0.379 e. The molecule has 2 fully saturated rings. The zero-order valence-electron chi connectivity index (χ0n) is 15.7. The SMILES string of the molecule is CN=C(NCCCOCC1CCCO1)NCC1(c2ccccc2)CC1.I. The van der Waals surface area contributed by atoms with Crippen LogP contribution in [0.3, 0.4) is 0 Å². The molecule has 1 aliphatic carbocycles. The standard InChI is InChI=1S/C20H31N3O2.HI/c1-21-19(22-12-6-13-24-15-18-9-5-14-25-18)23-16-20(10-11-20)17-7-3-2-4-8-17;/h2-4,7-8,18H,5-6,9-16H2,1H3,(H2,21,22,23);1H. The van der Waals surface area contributed by atoms with Crippen molar-refractivity contribution in [2.24, 2.45) is 4.99 Å². The van der Waals surface area contributed by atoms with Crippen LogP contribution in [0.5, 0.6) is 0 Å². The molecule has 6 heteroatoms. The van der Waals surface area contributed by atoms with Crippen molar-refractivity contribution in [3.8, 4) is 0 Å². The van der Waals surface area contributed by atoms with Crippen LogP contribution in [0.1, 0.15) is 37.7 Å². The Hall–Kier alpha value is -0.860. The molecule has 26 heavy (non-hydrogen) atoms. The van der Waals surface area contributed by atoms with Crippen LogP contribution in [0.2, 0.25) is 0 Å². The van der Waals surface area contributed by atoms with Crippen molar-refractivity contribution >= 4 is 29.9 Å². The number of nitrogens with zero attached hydrogens (tertiary/aromatic N) is 1. The lowest BCUT2D eigenvalue weighted by Gasteiger charge is -2.19. The molecule has 1 atom stereocenters. The van der Waals surface area contributed by atoms with E-state index in [4.69, 9.17) is 9.47 Å². The molecule has 1 saturated heterocycles. The van der Waals surface area contributed by atoms with Gasteiger partial charge >= 0.3 is 0 Å². The Morgan fingerprint density at radius 1 is 1.27 bits per heavy atom. The molecule has 1 aromatic carbocycles. The Morgan fingerprint density at radius 3 is 2.73 bits per heavy atom. The normalized spacial score (nSPS) is 21.1. The molecular formula is C20H32IN3O2. The molecule has 1 unspecified atom stereocenters. The minimum absolute atomic E-state index is 0. The van der Waals surface area contributed by atoms with E-state index in [0.29, 0.717) is 11.5 Å². The van der Waals surface area contributed by atoms with Crippen molar-refractivity contribution in [1.29, 1.82) is 0 Å². The second-order valence-electron chi connectivity index (χ2n) is 7.06. The first kappa shape index (κ1) is 21.4. The second kappa shape index (κ2) is 11.1. The Labute approximate surface area is 174 Å². The molecule has 1 aliphatic heterocycles. The molecule has 0 spiro atoms. The predicted octanol–water partition coefficient (Wildman–Crippen LogP) is 3.09. The summed E-state index contributed by atoms with van der Waals surface area (Å²) in [6.07, 6.45) is 6.09. The van der Waals surface area contributed by atoms with Gasteiger partial charge in [-0.1, -0.05) is 30.3 Å². The lowest BCUT2D eigenvalue weighted by atomic mass is 9.96. The highest BCUT2D eigenvalue weighted by atomic mass is 127. The van der Waals surface area contributed by atoms with E-state index < -0.39 is 0 Å². The Balaban J connectivity index is 0.00000243. The molecule has 1 aromatic rings. The van der Waals surface area contributed by atoms with Crippen molar-refractivity contribution in [2.75, 3.05) is 40.0 Å².